The number of ketones is 1. The lowest BCUT2D eigenvalue weighted by Crippen LogP contribution is -2.28. The molecule has 1 aromatic carbocycles. The van der Waals surface area contributed by atoms with E-state index in [0.29, 0.717) is 10.6 Å². The molecule has 0 radical (unpaired) electrons. The highest BCUT2D eigenvalue weighted by atomic mass is 35.5. The third kappa shape index (κ3) is 2.21. The van der Waals surface area contributed by atoms with Crippen molar-refractivity contribution in [2.45, 2.75) is 33.7 Å². The standard InChI is InChI=1S/C12H16ClNO/c1-6-5-7(2)11(13)8(3)10(6)12(15)9(4)14/h5,9H,14H2,1-4H3. The Morgan fingerprint density at radius 2 is 1.87 bits per heavy atom. The van der Waals surface area contributed by atoms with E-state index in [9.17, 15) is 4.79 Å². The first-order valence-corrected chi connectivity index (χ1v) is 5.30. The molecule has 0 aliphatic carbocycles. The lowest BCUT2D eigenvalue weighted by atomic mass is 9.94. The van der Waals surface area contributed by atoms with E-state index < -0.39 is 6.04 Å². The molecule has 2 nitrogen and oxygen atoms in total. The normalized spacial score (nSPS) is 12.7. The van der Waals surface area contributed by atoms with E-state index in [2.05, 4.69) is 0 Å². The zero-order valence-electron chi connectivity index (χ0n) is 9.52. The molecule has 1 unspecified atom stereocenters. The predicted octanol–water partition coefficient (Wildman–Crippen LogP) is 2.80. The van der Waals surface area contributed by atoms with Crippen molar-refractivity contribution in [2.24, 2.45) is 5.73 Å². The summed E-state index contributed by atoms with van der Waals surface area (Å²) in [5.74, 6) is -0.0492. The fourth-order valence-corrected chi connectivity index (χ4v) is 1.92. The maximum absolute atomic E-state index is 11.9. The van der Waals surface area contributed by atoms with Gasteiger partial charge in [-0.3, -0.25) is 4.79 Å². The number of nitrogens with two attached hydrogens (primary N) is 1. The van der Waals surface area contributed by atoms with Crippen LogP contribution in [0.2, 0.25) is 5.02 Å². The number of carbonyl (C=O) groups is 1. The highest BCUT2D eigenvalue weighted by Crippen LogP contribution is 2.27. The Kier molecular flexibility index (Phi) is 3.53. The first-order valence-electron chi connectivity index (χ1n) is 4.92. The molecule has 0 saturated heterocycles. The van der Waals surface area contributed by atoms with Gasteiger partial charge < -0.3 is 5.73 Å². The van der Waals surface area contributed by atoms with Crippen LogP contribution < -0.4 is 5.73 Å². The molecule has 1 rings (SSSR count). The molecule has 0 heterocycles. The van der Waals surface area contributed by atoms with Gasteiger partial charge in [0, 0.05) is 10.6 Å². The van der Waals surface area contributed by atoms with Gasteiger partial charge in [0.2, 0.25) is 0 Å². The molecule has 0 spiro atoms. The average Bonchev–Trinajstić information content (AvgIpc) is 2.14. The molecular formula is C12H16ClNO. The number of hydrogen-bond acceptors (Lipinski definition) is 2. The summed E-state index contributed by atoms with van der Waals surface area (Å²) >= 11 is 6.11. The Hall–Kier alpha value is -0.860. The second-order valence-electron chi connectivity index (χ2n) is 3.98. The topological polar surface area (TPSA) is 43.1 Å². The molecule has 1 aromatic rings. The van der Waals surface area contributed by atoms with Crippen LogP contribution in [0, 0.1) is 20.8 Å². The number of rotatable bonds is 2. The Labute approximate surface area is 95.4 Å². The van der Waals surface area contributed by atoms with Crippen LogP contribution in [-0.2, 0) is 0 Å². The van der Waals surface area contributed by atoms with Crippen LogP contribution in [0.4, 0.5) is 0 Å². The van der Waals surface area contributed by atoms with Crippen molar-refractivity contribution in [3.63, 3.8) is 0 Å². The molecule has 0 bridgehead atoms. The Bertz CT molecular complexity index is 411. The van der Waals surface area contributed by atoms with Crippen molar-refractivity contribution in [1.82, 2.24) is 0 Å². The van der Waals surface area contributed by atoms with Gasteiger partial charge in [-0.2, -0.15) is 0 Å². The molecule has 15 heavy (non-hydrogen) atoms. The first kappa shape index (κ1) is 12.2. The van der Waals surface area contributed by atoms with E-state index >= 15 is 0 Å². The molecule has 0 fully saturated rings. The minimum atomic E-state index is -0.485. The summed E-state index contributed by atoms with van der Waals surface area (Å²) in [5.41, 5.74) is 9.03. The Balaban J connectivity index is 3.43. The van der Waals surface area contributed by atoms with E-state index in [-0.39, 0.29) is 5.78 Å². The van der Waals surface area contributed by atoms with E-state index in [0.717, 1.165) is 16.7 Å². The number of benzene rings is 1. The van der Waals surface area contributed by atoms with E-state index in [4.69, 9.17) is 17.3 Å². The highest BCUT2D eigenvalue weighted by Gasteiger charge is 2.18. The molecule has 82 valence electrons. The zero-order chi connectivity index (χ0) is 11.7. The molecule has 0 amide bonds. The van der Waals surface area contributed by atoms with Crippen molar-refractivity contribution >= 4 is 17.4 Å². The number of halogens is 1. The molecule has 0 saturated carbocycles. The van der Waals surface area contributed by atoms with Crippen LogP contribution in [0.3, 0.4) is 0 Å². The second kappa shape index (κ2) is 4.33. The zero-order valence-corrected chi connectivity index (χ0v) is 10.3. The van der Waals surface area contributed by atoms with Crippen molar-refractivity contribution < 1.29 is 4.79 Å². The predicted molar refractivity (Wildman–Crippen MR) is 63.6 cm³/mol. The Morgan fingerprint density at radius 3 is 2.33 bits per heavy atom. The van der Waals surface area contributed by atoms with Gasteiger partial charge in [0.05, 0.1) is 6.04 Å². The summed E-state index contributed by atoms with van der Waals surface area (Å²) in [6.45, 7) is 7.39. The third-order valence-electron chi connectivity index (χ3n) is 2.54. The molecule has 1 atom stereocenters. The SMILES string of the molecule is Cc1cc(C)c(C(=O)C(C)N)c(C)c1Cl. The van der Waals surface area contributed by atoms with E-state index in [1.54, 1.807) is 6.92 Å². The minimum Gasteiger partial charge on any atom is -0.321 e. The van der Waals surface area contributed by atoms with Gasteiger partial charge in [-0.15, -0.1) is 0 Å². The summed E-state index contributed by atoms with van der Waals surface area (Å²) < 4.78 is 0. The van der Waals surface area contributed by atoms with Gasteiger partial charge in [-0.1, -0.05) is 17.7 Å². The van der Waals surface area contributed by atoms with Gasteiger partial charge in [0.25, 0.3) is 0 Å². The molecule has 0 aliphatic heterocycles. The summed E-state index contributed by atoms with van der Waals surface area (Å²) in [6.07, 6.45) is 0. The third-order valence-corrected chi connectivity index (χ3v) is 3.12. The summed E-state index contributed by atoms with van der Waals surface area (Å²) in [6, 6.07) is 1.44. The van der Waals surface area contributed by atoms with Gasteiger partial charge in [-0.05, 0) is 44.4 Å². The van der Waals surface area contributed by atoms with Crippen LogP contribution >= 0.6 is 11.6 Å². The smallest absolute Gasteiger partial charge is 0.179 e. The van der Waals surface area contributed by atoms with E-state index in [1.165, 1.54) is 0 Å². The Morgan fingerprint density at radius 1 is 1.33 bits per heavy atom. The van der Waals surface area contributed by atoms with E-state index in [1.807, 2.05) is 26.8 Å². The maximum atomic E-state index is 11.9. The quantitative estimate of drug-likeness (QED) is 0.787. The van der Waals surface area contributed by atoms with Crippen LogP contribution in [-0.4, -0.2) is 11.8 Å². The highest BCUT2D eigenvalue weighted by molar-refractivity contribution is 6.32. The fourth-order valence-electron chi connectivity index (χ4n) is 1.77. The van der Waals surface area contributed by atoms with Crippen molar-refractivity contribution in [3.05, 3.63) is 33.3 Å². The van der Waals surface area contributed by atoms with Crippen LogP contribution in [0.15, 0.2) is 6.07 Å². The summed E-state index contributed by atoms with van der Waals surface area (Å²) in [5, 5.41) is 0.657. The van der Waals surface area contributed by atoms with Gasteiger partial charge >= 0.3 is 0 Å². The number of carbonyl (C=O) groups excluding carboxylic acids is 1. The lowest BCUT2D eigenvalue weighted by Gasteiger charge is -2.14. The average molecular weight is 226 g/mol. The monoisotopic (exact) mass is 225 g/mol. The second-order valence-corrected chi connectivity index (χ2v) is 4.36. The van der Waals surface area contributed by atoms with Crippen LogP contribution in [0.1, 0.15) is 34.0 Å². The number of hydrogen-bond donors (Lipinski definition) is 1. The van der Waals surface area contributed by atoms with Crippen molar-refractivity contribution in [1.29, 1.82) is 0 Å². The number of Topliss-reactive ketones (excluding diaryl/α,β-unsaturated/α-hetero) is 1. The molecule has 0 aliphatic rings. The molecule has 3 heteroatoms. The minimum absolute atomic E-state index is 0.0492. The summed E-state index contributed by atoms with van der Waals surface area (Å²) in [7, 11) is 0. The van der Waals surface area contributed by atoms with Crippen LogP contribution in [0.5, 0.6) is 0 Å². The van der Waals surface area contributed by atoms with Crippen LogP contribution in [0.25, 0.3) is 0 Å². The first-order chi connectivity index (χ1) is 6.86. The van der Waals surface area contributed by atoms with Gasteiger partial charge in [0.15, 0.2) is 5.78 Å². The van der Waals surface area contributed by atoms with Crippen molar-refractivity contribution in [2.75, 3.05) is 0 Å². The maximum Gasteiger partial charge on any atom is 0.179 e. The molecular weight excluding hydrogens is 210 g/mol. The van der Waals surface area contributed by atoms with Gasteiger partial charge in [-0.25, -0.2) is 0 Å². The summed E-state index contributed by atoms with van der Waals surface area (Å²) in [4.78, 5) is 11.9. The lowest BCUT2D eigenvalue weighted by molar-refractivity contribution is 0.0967. The largest absolute Gasteiger partial charge is 0.321 e. The van der Waals surface area contributed by atoms with Crippen molar-refractivity contribution in [3.8, 4) is 0 Å². The number of aryl methyl sites for hydroxylation is 2. The molecule has 2 N–H and O–H groups in total. The molecule has 0 aromatic heterocycles. The fraction of sp³-hybridized carbons (Fsp3) is 0.417. The van der Waals surface area contributed by atoms with Gasteiger partial charge in [0.1, 0.15) is 0 Å².